The van der Waals surface area contributed by atoms with Gasteiger partial charge in [-0.15, -0.1) is 11.3 Å². The maximum absolute atomic E-state index is 8.83. The van der Waals surface area contributed by atoms with Gasteiger partial charge in [0.2, 0.25) is 0 Å². The third kappa shape index (κ3) is 3.53. The van der Waals surface area contributed by atoms with Gasteiger partial charge in [-0.3, -0.25) is 4.57 Å². The zero-order valence-electron chi connectivity index (χ0n) is 21.0. The van der Waals surface area contributed by atoms with Crippen LogP contribution < -0.4 is 0 Å². The van der Waals surface area contributed by atoms with E-state index in [9.17, 15) is 0 Å². The molecule has 6 aromatic rings. The van der Waals surface area contributed by atoms with Crippen LogP contribution in [0.3, 0.4) is 0 Å². The predicted molar refractivity (Wildman–Crippen MR) is 143 cm³/mol. The van der Waals surface area contributed by atoms with E-state index in [0.717, 1.165) is 38.2 Å². The molecule has 2 heterocycles. The number of thiophene rings is 1. The topological polar surface area (TPSA) is 17.8 Å². The second-order valence-electron chi connectivity index (χ2n) is 9.49. The largest absolute Gasteiger partial charge is 0.292 e. The molecule has 0 unspecified atom stereocenters. The van der Waals surface area contributed by atoms with Crippen LogP contribution in [0.4, 0.5) is 0 Å². The minimum Gasteiger partial charge on any atom is -0.292 e. The standard InChI is InChI=1S/C30H26N2S/c1-30(2,3)18-20-15-16-28-23(17-20)24(19-33-28)29-31-25-12-6-7-13-27(25)32(29)26-14-8-10-21-9-4-5-11-22(21)26/h4-17,19H,18H2,1-3H3/i18D2. The van der Waals surface area contributed by atoms with Crippen molar-refractivity contribution in [3.8, 4) is 17.1 Å². The minimum absolute atomic E-state index is 0.521. The minimum atomic E-state index is -1.46. The summed E-state index contributed by atoms with van der Waals surface area (Å²) in [5.74, 6) is 0.877. The van der Waals surface area contributed by atoms with Crippen molar-refractivity contribution < 1.29 is 2.74 Å². The average Bonchev–Trinajstić information content (AvgIpc) is 3.43. The number of imidazole rings is 1. The Labute approximate surface area is 201 Å². The van der Waals surface area contributed by atoms with Gasteiger partial charge in [0, 0.05) is 29.2 Å². The summed E-state index contributed by atoms with van der Waals surface area (Å²) in [5.41, 5.74) is 4.29. The molecule has 0 aliphatic rings. The van der Waals surface area contributed by atoms with Crippen molar-refractivity contribution in [1.82, 2.24) is 9.55 Å². The number of hydrogen-bond donors (Lipinski definition) is 0. The van der Waals surface area contributed by atoms with Gasteiger partial charge in [-0.25, -0.2) is 4.98 Å². The summed E-state index contributed by atoms with van der Waals surface area (Å²) >= 11 is 1.68. The smallest absolute Gasteiger partial charge is 0.147 e. The van der Waals surface area contributed by atoms with Crippen molar-refractivity contribution in [3.05, 3.63) is 95.9 Å². The summed E-state index contributed by atoms with van der Waals surface area (Å²) < 4.78 is 21.0. The first-order valence-electron chi connectivity index (χ1n) is 12.2. The quantitative estimate of drug-likeness (QED) is 0.265. The fourth-order valence-electron chi connectivity index (χ4n) is 4.57. The maximum Gasteiger partial charge on any atom is 0.147 e. The van der Waals surface area contributed by atoms with E-state index >= 15 is 0 Å². The zero-order valence-corrected chi connectivity index (χ0v) is 19.8. The summed E-state index contributed by atoms with van der Waals surface area (Å²) in [7, 11) is 0. The van der Waals surface area contributed by atoms with Gasteiger partial charge in [0.1, 0.15) is 5.82 Å². The molecule has 0 radical (unpaired) electrons. The van der Waals surface area contributed by atoms with Crippen LogP contribution in [0.2, 0.25) is 0 Å². The Morgan fingerprint density at radius 1 is 0.879 bits per heavy atom. The molecule has 0 amide bonds. The Balaban J connectivity index is 1.66. The summed E-state index contributed by atoms with van der Waals surface area (Å²) in [6.07, 6.45) is -1.46. The molecule has 0 aliphatic heterocycles. The van der Waals surface area contributed by atoms with Crippen molar-refractivity contribution >= 4 is 43.2 Å². The van der Waals surface area contributed by atoms with E-state index in [4.69, 9.17) is 7.73 Å². The highest BCUT2D eigenvalue weighted by Crippen LogP contribution is 2.39. The van der Waals surface area contributed by atoms with E-state index in [2.05, 4.69) is 70.6 Å². The lowest BCUT2D eigenvalue weighted by Gasteiger charge is -2.18. The third-order valence-electron chi connectivity index (χ3n) is 5.90. The highest BCUT2D eigenvalue weighted by atomic mass is 32.1. The Morgan fingerprint density at radius 2 is 1.67 bits per heavy atom. The van der Waals surface area contributed by atoms with Gasteiger partial charge in [-0.05, 0) is 53.1 Å². The normalized spacial score (nSPS) is 13.5. The van der Waals surface area contributed by atoms with Crippen LogP contribution in [-0.2, 0) is 6.37 Å². The van der Waals surface area contributed by atoms with E-state index in [0.29, 0.717) is 5.56 Å². The van der Waals surface area contributed by atoms with Crippen molar-refractivity contribution in [1.29, 1.82) is 0 Å². The van der Waals surface area contributed by atoms with Gasteiger partial charge in [-0.2, -0.15) is 0 Å². The lowest BCUT2D eigenvalue weighted by atomic mass is 9.88. The number of aromatic nitrogens is 2. The molecule has 0 N–H and O–H groups in total. The van der Waals surface area contributed by atoms with Crippen LogP contribution in [0.5, 0.6) is 0 Å². The molecule has 33 heavy (non-hydrogen) atoms. The molecule has 6 rings (SSSR count). The van der Waals surface area contributed by atoms with Gasteiger partial charge in [0.05, 0.1) is 16.7 Å². The van der Waals surface area contributed by atoms with Gasteiger partial charge < -0.3 is 0 Å². The highest BCUT2D eigenvalue weighted by molar-refractivity contribution is 7.17. The van der Waals surface area contributed by atoms with Crippen LogP contribution >= 0.6 is 11.3 Å². The highest BCUT2D eigenvalue weighted by Gasteiger charge is 2.19. The van der Waals surface area contributed by atoms with E-state index in [-0.39, 0.29) is 0 Å². The molecule has 0 saturated heterocycles. The van der Waals surface area contributed by atoms with Crippen molar-refractivity contribution in [3.63, 3.8) is 0 Å². The lowest BCUT2D eigenvalue weighted by molar-refractivity contribution is 0.411. The first kappa shape index (κ1) is 18.0. The first-order chi connectivity index (χ1) is 16.8. The summed E-state index contributed by atoms with van der Waals surface area (Å²) in [4.78, 5) is 5.10. The van der Waals surface area contributed by atoms with Gasteiger partial charge in [0.15, 0.2) is 0 Å². The molecular formula is C30H26N2S. The van der Waals surface area contributed by atoms with Crippen molar-refractivity contribution in [2.24, 2.45) is 5.41 Å². The van der Waals surface area contributed by atoms with Crippen LogP contribution in [0.1, 0.15) is 29.1 Å². The second kappa shape index (κ2) is 7.57. The van der Waals surface area contributed by atoms with Gasteiger partial charge in [-0.1, -0.05) is 75.4 Å². The SMILES string of the molecule is [2H]C([2H])(c1ccc2scc(-c3nc4ccccc4n3-c3cccc4ccccc34)c2c1)C(C)(C)C. The van der Waals surface area contributed by atoms with Crippen LogP contribution in [0, 0.1) is 5.41 Å². The Kier molecular flexibility index (Phi) is 4.14. The monoisotopic (exact) mass is 448 g/mol. The fraction of sp³-hybridized carbons (Fsp3) is 0.167. The zero-order chi connectivity index (χ0) is 24.4. The molecule has 0 spiro atoms. The van der Waals surface area contributed by atoms with E-state index in [1.54, 1.807) is 11.3 Å². The Bertz CT molecular complexity index is 1710. The molecule has 2 nitrogen and oxygen atoms in total. The Morgan fingerprint density at radius 3 is 2.55 bits per heavy atom. The molecule has 162 valence electrons. The van der Waals surface area contributed by atoms with Crippen LogP contribution in [0.15, 0.2) is 90.3 Å². The third-order valence-corrected chi connectivity index (χ3v) is 6.87. The predicted octanol–water partition coefficient (Wildman–Crippen LogP) is 8.65. The molecule has 2 aromatic heterocycles. The van der Waals surface area contributed by atoms with E-state index in [1.807, 2.05) is 45.0 Å². The summed E-state index contributed by atoms with van der Waals surface area (Å²) in [6, 6.07) is 29.1. The van der Waals surface area contributed by atoms with Gasteiger partial charge in [0.25, 0.3) is 0 Å². The number of fused-ring (bicyclic) bond motifs is 3. The fourth-order valence-corrected chi connectivity index (χ4v) is 5.49. The molecule has 0 atom stereocenters. The van der Waals surface area contributed by atoms with E-state index in [1.165, 1.54) is 10.8 Å². The van der Waals surface area contributed by atoms with Crippen molar-refractivity contribution in [2.75, 3.05) is 0 Å². The molecule has 0 bridgehead atoms. The van der Waals surface area contributed by atoms with Crippen molar-refractivity contribution in [2.45, 2.75) is 27.1 Å². The molecular weight excluding hydrogens is 420 g/mol. The number of hydrogen-bond acceptors (Lipinski definition) is 2. The van der Waals surface area contributed by atoms with Crippen LogP contribution in [-0.4, -0.2) is 9.55 Å². The Hall–Kier alpha value is -3.43. The molecule has 4 aromatic carbocycles. The first-order valence-corrected chi connectivity index (χ1v) is 12.1. The molecule has 0 saturated carbocycles. The summed E-state index contributed by atoms with van der Waals surface area (Å²) in [5, 5.41) is 5.55. The molecule has 3 heteroatoms. The van der Waals surface area contributed by atoms with Gasteiger partial charge >= 0.3 is 0 Å². The second-order valence-corrected chi connectivity index (χ2v) is 10.4. The maximum atomic E-state index is 8.83. The molecule has 0 fully saturated rings. The number of rotatable bonds is 3. The molecule has 0 aliphatic carbocycles. The number of benzene rings is 4. The lowest BCUT2D eigenvalue weighted by Crippen LogP contribution is -2.08. The van der Waals surface area contributed by atoms with E-state index < -0.39 is 11.8 Å². The number of nitrogens with zero attached hydrogens (tertiary/aromatic N) is 2. The average molecular weight is 449 g/mol. The van der Waals surface area contributed by atoms with Crippen LogP contribution in [0.25, 0.3) is 49.0 Å². The summed E-state index contributed by atoms with van der Waals surface area (Å²) in [6.45, 7) is 5.85. The number of para-hydroxylation sites is 2.